The number of rotatable bonds is 5. The number of phenolic OH excluding ortho intramolecular Hbond substituents is 1. The average molecular weight is 302 g/mol. The van der Waals surface area contributed by atoms with Crippen molar-refractivity contribution in [2.45, 2.75) is 26.0 Å². The molecule has 3 heteroatoms. The van der Waals surface area contributed by atoms with Crippen LogP contribution in [-0.4, -0.2) is 16.6 Å². The molecule has 1 N–H and O–H groups in total. The predicted octanol–water partition coefficient (Wildman–Crippen LogP) is 4.83. The predicted molar refractivity (Wildman–Crippen MR) is 90.9 cm³/mol. The van der Waals surface area contributed by atoms with Crippen molar-refractivity contribution in [3.8, 4) is 5.75 Å². The van der Waals surface area contributed by atoms with Crippen LogP contribution in [0.5, 0.6) is 5.75 Å². The van der Waals surface area contributed by atoms with Gasteiger partial charge in [-0.1, -0.05) is 56.3 Å². The molecule has 1 atom stereocenters. The van der Waals surface area contributed by atoms with Crippen LogP contribution < -0.4 is 0 Å². The van der Waals surface area contributed by atoms with Gasteiger partial charge in [-0.25, -0.2) is 0 Å². The highest BCUT2D eigenvalue weighted by Crippen LogP contribution is 2.36. The molecular weight excluding hydrogens is 280 g/mol. The molecule has 2 nitrogen and oxygen atoms in total. The first-order valence-corrected chi connectivity index (χ1v) is 8.16. The van der Waals surface area contributed by atoms with E-state index >= 15 is 0 Å². The van der Waals surface area contributed by atoms with E-state index in [1.807, 2.05) is 44.2 Å². The molecule has 2 aromatic carbocycles. The quantitative estimate of drug-likeness (QED) is 0.859. The van der Waals surface area contributed by atoms with Crippen LogP contribution >= 0.6 is 11.8 Å². The minimum Gasteiger partial charge on any atom is -0.508 e. The van der Waals surface area contributed by atoms with E-state index in [1.54, 1.807) is 30.8 Å². The maximum atomic E-state index is 11.2. The topological polar surface area (TPSA) is 37.3 Å². The summed E-state index contributed by atoms with van der Waals surface area (Å²) in [6, 6.07) is 17.3. The lowest BCUT2D eigenvalue weighted by atomic mass is 10.0. The van der Waals surface area contributed by atoms with Crippen molar-refractivity contribution >= 4 is 17.5 Å². The second-order valence-corrected chi connectivity index (χ2v) is 5.49. The summed E-state index contributed by atoms with van der Waals surface area (Å²) in [4.78, 5) is 11.2. The highest BCUT2D eigenvalue weighted by molar-refractivity contribution is 8.00. The lowest BCUT2D eigenvalue weighted by Gasteiger charge is -2.17. The Hall–Kier alpha value is -1.74. The standard InChI is InChI=1S/C16H16O2S.C2H6/c1-12(17)11-19-16(13-5-3-2-4-6-13)14-7-9-15(18)10-8-14;1-2/h2-10,16,18H,11H2,1H3;1-2H3. The molecule has 0 saturated carbocycles. The number of ketones is 1. The molecule has 2 aromatic rings. The molecule has 0 aromatic heterocycles. The van der Waals surface area contributed by atoms with Gasteiger partial charge in [0, 0.05) is 0 Å². The molecule has 2 rings (SSSR count). The number of carbonyl (C=O) groups is 1. The third-order valence-electron chi connectivity index (χ3n) is 2.75. The molecule has 112 valence electrons. The summed E-state index contributed by atoms with van der Waals surface area (Å²) in [6.07, 6.45) is 0. The molecule has 1 unspecified atom stereocenters. The smallest absolute Gasteiger partial charge is 0.139 e. The van der Waals surface area contributed by atoms with E-state index in [2.05, 4.69) is 12.1 Å². The molecule has 0 spiro atoms. The van der Waals surface area contributed by atoms with Crippen LogP contribution in [0.2, 0.25) is 0 Å². The van der Waals surface area contributed by atoms with Crippen molar-refractivity contribution in [3.05, 3.63) is 65.7 Å². The Morgan fingerprint density at radius 1 is 1.00 bits per heavy atom. The summed E-state index contributed by atoms with van der Waals surface area (Å²) < 4.78 is 0. The molecule has 0 bridgehead atoms. The van der Waals surface area contributed by atoms with Gasteiger partial charge in [-0.05, 0) is 30.2 Å². The zero-order valence-corrected chi connectivity index (χ0v) is 13.6. The summed E-state index contributed by atoms with van der Waals surface area (Å²) in [5.41, 5.74) is 2.26. The lowest BCUT2D eigenvalue weighted by Crippen LogP contribution is -2.02. The molecule has 0 saturated heterocycles. The molecule has 0 aliphatic heterocycles. The Kier molecular flexibility index (Phi) is 7.62. The van der Waals surface area contributed by atoms with E-state index in [-0.39, 0.29) is 16.8 Å². The minimum absolute atomic E-state index is 0.116. The summed E-state index contributed by atoms with van der Waals surface area (Å²) in [7, 11) is 0. The van der Waals surface area contributed by atoms with Crippen LogP contribution in [0.15, 0.2) is 54.6 Å². The Morgan fingerprint density at radius 3 is 2.05 bits per heavy atom. The lowest BCUT2D eigenvalue weighted by molar-refractivity contribution is -0.114. The Balaban J connectivity index is 0.00000106. The summed E-state index contributed by atoms with van der Waals surface area (Å²) in [5.74, 6) is 0.914. The largest absolute Gasteiger partial charge is 0.508 e. The summed E-state index contributed by atoms with van der Waals surface area (Å²) >= 11 is 1.61. The van der Waals surface area contributed by atoms with Gasteiger partial charge < -0.3 is 5.11 Å². The normalized spacial score (nSPS) is 11.2. The fourth-order valence-corrected chi connectivity index (χ4v) is 2.96. The zero-order valence-electron chi connectivity index (χ0n) is 12.7. The maximum Gasteiger partial charge on any atom is 0.139 e. The molecular formula is C18H22O2S. The first kappa shape index (κ1) is 17.3. The van der Waals surface area contributed by atoms with Crippen LogP contribution in [0.3, 0.4) is 0 Å². The van der Waals surface area contributed by atoms with Crippen LogP contribution in [0.25, 0.3) is 0 Å². The molecule has 0 aliphatic carbocycles. The fourth-order valence-electron chi connectivity index (χ4n) is 1.86. The summed E-state index contributed by atoms with van der Waals surface area (Å²) in [5, 5.41) is 9.48. The Labute approximate surface area is 131 Å². The zero-order chi connectivity index (χ0) is 15.7. The van der Waals surface area contributed by atoms with Gasteiger partial charge >= 0.3 is 0 Å². The average Bonchev–Trinajstić information content (AvgIpc) is 2.52. The second kappa shape index (κ2) is 9.24. The van der Waals surface area contributed by atoms with Gasteiger partial charge in [0.05, 0.1) is 11.0 Å². The van der Waals surface area contributed by atoms with Crippen molar-refractivity contribution in [1.82, 2.24) is 0 Å². The van der Waals surface area contributed by atoms with Crippen molar-refractivity contribution in [2.75, 3.05) is 5.75 Å². The van der Waals surface area contributed by atoms with Gasteiger partial charge in [-0.3, -0.25) is 4.79 Å². The van der Waals surface area contributed by atoms with Crippen molar-refractivity contribution < 1.29 is 9.90 Å². The second-order valence-electron chi connectivity index (χ2n) is 4.40. The van der Waals surface area contributed by atoms with Gasteiger partial charge in [-0.2, -0.15) is 0 Å². The third kappa shape index (κ3) is 5.64. The van der Waals surface area contributed by atoms with Crippen LogP contribution in [0.1, 0.15) is 37.1 Å². The molecule has 0 amide bonds. The monoisotopic (exact) mass is 302 g/mol. The van der Waals surface area contributed by atoms with Gasteiger partial charge in [0.15, 0.2) is 0 Å². The Morgan fingerprint density at radius 2 is 1.52 bits per heavy atom. The van der Waals surface area contributed by atoms with Gasteiger partial charge in [0.2, 0.25) is 0 Å². The van der Waals surface area contributed by atoms with E-state index in [9.17, 15) is 9.90 Å². The number of phenols is 1. The Bertz CT molecular complexity index is 535. The van der Waals surface area contributed by atoms with E-state index in [4.69, 9.17) is 0 Å². The number of aromatic hydroxyl groups is 1. The molecule has 0 radical (unpaired) electrons. The van der Waals surface area contributed by atoms with Crippen LogP contribution in [0.4, 0.5) is 0 Å². The first-order chi connectivity index (χ1) is 10.2. The highest BCUT2D eigenvalue weighted by Gasteiger charge is 2.15. The minimum atomic E-state index is 0.116. The summed E-state index contributed by atoms with van der Waals surface area (Å²) in [6.45, 7) is 5.60. The molecule has 0 aliphatic rings. The van der Waals surface area contributed by atoms with Gasteiger partial charge in [0.25, 0.3) is 0 Å². The van der Waals surface area contributed by atoms with Crippen molar-refractivity contribution in [3.63, 3.8) is 0 Å². The van der Waals surface area contributed by atoms with E-state index in [1.165, 1.54) is 5.56 Å². The molecule has 0 fully saturated rings. The number of thioether (sulfide) groups is 1. The first-order valence-electron chi connectivity index (χ1n) is 7.12. The molecule has 21 heavy (non-hydrogen) atoms. The SMILES string of the molecule is CC.CC(=O)CSC(c1ccccc1)c1ccc(O)cc1. The van der Waals surface area contributed by atoms with Gasteiger partial charge in [0.1, 0.15) is 11.5 Å². The van der Waals surface area contributed by atoms with Gasteiger partial charge in [-0.15, -0.1) is 11.8 Å². The van der Waals surface area contributed by atoms with Crippen LogP contribution in [-0.2, 0) is 4.79 Å². The fraction of sp³-hybridized carbons (Fsp3) is 0.278. The van der Waals surface area contributed by atoms with E-state index in [0.717, 1.165) is 5.56 Å². The number of hydrogen-bond acceptors (Lipinski definition) is 3. The number of carbonyl (C=O) groups excluding carboxylic acids is 1. The third-order valence-corrected chi connectivity index (χ3v) is 4.20. The number of Topliss-reactive ketones (excluding diaryl/α,β-unsaturated/α-hetero) is 1. The number of benzene rings is 2. The van der Waals surface area contributed by atoms with E-state index < -0.39 is 0 Å². The van der Waals surface area contributed by atoms with Crippen molar-refractivity contribution in [2.24, 2.45) is 0 Å². The van der Waals surface area contributed by atoms with Crippen LogP contribution in [0, 0.1) is 0 Å². The molecule has 0 heterocycles. The highest BCUT2D eigenvalue weighted by atomic mass is 32.2. The number of hydrogen-bond donors (Lipinski definition) is 1. The van der Waals surface area contributed by atoms with E-state index in [0.29, 0.717) is 5.75 Å². The van der Waals surface area contributed by atoms with Crippen molar-refractivity contribution in [1.29, 1.82) is 0 Å². The maximum absolute atomic E-state index is 11.2.